The number of nitrogens with one attached hydrogen (secondary N) is 2. The fraction of sp³-hybridized carbons (Fsp3) is 0.556. The summed E-state index contributed by atoms with van der Waals surface area (Å²) in [5, 5.41) is 6.65. The predicted molar refractivity (Wildman–Crippen MR) is 96.7 cm³/mol. The summed E-state index contributed by atoms with van der Waals surface area (Å²) >= 11 is 0. The fourth-order valence-corrected chi connectivity index (χ4v) is 2.02. The lowest BCUT2D eigenvalue weighted by molar-refractivity contribution is -0.127. The van der Waals surface area contributed by atoms with Crippen LogP contribution in [0.1, 0.15) is 32.3 Å². The van der Waals surface area contributed by atoms with Gasteiger partial charge in [0.05, 0.1) is 0 Å². The second-order valence-corrected chi connectivity index (χ2v) is 5.95. The highest BCUT2D eigenvalue weighted by molar-refractivity contribution is 5.84. The van der Waals surface area contributed by atoms with Crippen molar-refractivity contribution in [2.45, 2.75) is 39.2 Å². The van der Waals surface area contributed by atoms with E-state index in [-0.39, 0.29) is 18.5 Å². The molecule has 2 N–H and O–H groups in total. The molecule has 0 aromatic heterocycles. The third kappa shape index (κ3) is 8.24. The Hall–Kier alpha value is -2.04. The quantitative estimate of drug-likeness (QED) is 0.570. The molecule has 0 saturated heterocycles. The second-order valence-electron chi connectivity index (χ2n) is 5.95. The van der Waals surface area contributed by atoms with Gasteiger partial charge in [0.25, 0.3) is 0 Å². The fourth-order valence-electron chi connectivity index (χ4n) is 2.02. The lowest BCUT2D eigenvalue weighted by Gasteiger charge is -2.18. The molecule has 0 aliphatic carbocycles. The van der Waals surface area contributed by atoms with Crippen LogP contribution in [-0.4, -0.2) is 50.0 Å². The van der Waals surface area contributed by atoms with Crippen molar-refractivity contribution in [1.82, 2.24) is 15.5 Å². The van der Waals surface area contributed by atoms with Crippen LogP contribution < -0.4 is 10.6 Å². The summed E-state index contributed by atoms with van der Waals surface area (Å²) in [4.78, 5) is 17.6. The lowest BCUT2D eigenvalue weighted by Crippen LogP contribution is -2.43. The van der Waals surface area contributed by atoms with E-state index in [4.69, 9.17) is 0 Å². The van der Waals surface area contributed by atoms with Crippen LogP contribution in [0.2, 0.25) is 0 Å². The number of carbonyl (C=O) groups is 1. The summed E-state index contributed by atoms with van der Waals surface area (Å²) in [5.74, 6) is 0.710. The minimum atomic E-state index is -0.000429. The Morgan fingerprint density at radius 1 is 1.26 bits per heavy atom. The van der Waals surface area contributed by atoms with Crippen molar-refractivity contribution in [3.05, 3.63) is 35.9 Å². The topological polar surface area (TPSA) is 56.7 Å². The van der Waals surface area contributed by atoms with Crippen molar-refractivity contribution < 1.29 is 4.79 Å². The molecule has 1 atom stereocenters. The second kappa shape index (κ2) is 10.6. The van der Waals surface area contributed by atoms with Crippen LogP contribution in [0, 0.1) is 0 Å². The number of likely N-dealkylation sites (N-methyl/N-ethyl adjacent to an activating group) is 1. The van der Waals surface area contributed by atoms with Crippen molar-refractivity contribution in [1.29, 1.82) is 0 Å². The molecule has 1 unspecified atom stereocenters. The van der Waals surface area contributed by atoms with Gasteiger partial charge in [0.1, 0.15) is 6.54 Å². The van der Waals surface area contributed by atoms with E-state index in [0.29, 0.717) is 5.96 Å². The van der Waals surface area contributed by atoms with Crippen molar-refractivity contribution in [3.63, 3.8) is 0 Å². The van der Waals surface area contributed by atoms with E-state index in [1.54, 1.807) is 19.0 Å². The molecule has 128 valence electrons. The molecule has 1 rings (SSSR count). The molecule has 1 aromatic rings. The van der Waals surface area contributed by atoms with Gasteiger partial charge in [-0.2, -0.15) is 0 Å². The normalized spacial score (nSPS) is 12.6. The van der Waals surface area contributed by atoms with Crippen LogP contribution in [0.5, 0.6) is 0 Å². The minimum Gasteiger partial charge on any atom is -0.356 e. The van der Waals surface area contributed by atoms with Gasteiger partial charge in [-0.25, -0.2) is 4.99 Å². The highest BCUT2D eigenvalue weighted by Crippen LogP contribution is 2.04. The molecule has 1 amide bonds. The summed E-state index contributed by atoms with van der Waals surface area (Å²) in [6.07, 6.45) is 3.05. The van der Waals surface area contributed by atoms with Gasteiger partial charge in [0.2, 0.25) is 5.91 Å². The predicted octanol–water partition coefficient (Wildman–Crippen LogP) is 2.04. The van der Waals surface area contributed by atoms with E-state index < -0.39 is 0 Å². The number of nitrogens with zero attached hydrogens (tertiary/aromatic N) is 2. The number of amides is 1. The number of carbonyl (C=O) groups excluding carboxylic acids is 1. The van der Waals surface area contributed by atoms with E-state index in [9.17, 15) is 4.79 Å². The third-order valence-corrected chi connectivity index (χ3v) is 3.51. The largest absolute Gasteiger partial charge is 0.356 e. The first-order chi connectivity index (χ1) is 11.0. The maximum Gasteiger partial charge on any atom is 0.243 e. The zero-order valence-corrected chi connectivity index (χ0v) is 14.8. The molecule has 0 heterocycles. The van der Waals surface area contributed by atoms with Crippen LogP contribution in [0.25, 0.3) is 0 Å². The molecule has 5 nitrogen and oxygen atoms in total. The Balaban J connectivity index is 2.50. The Morgan fingerprint density at radius 3 is 2.57 bits per heavy atom. The summed E-state index contributed by atoms with van der Waals surface area (Å²) in [6.45, 7) is 5.25. The van der Waals surface area contributed by atoms with Gasteiger partial charge < -0.3 is 15.5 Å². The van der Waals surface area contributed by atoms with Crippen LogP contribution >= 0.6 is 0 Å². The maximum absolute atomic E-state index is 11.7. The molecular formula is C18H30N4O. The van der Waals surface area contributed by atoms with Crippen molar-refractivity contribution in [2.75, 3.05) is 27.2 Å². The summed E-state index contributed by atoms with van der Waals surface area (Å²) in [5.41, 5.74) is 1.34. The summed E-state index contributed by atoms with van der Waals surface area (Å²) < 4.78 is 0. The number of rotatable bonds is 8. The maximum atomic E-state index is 11.7. The average Bonchev–Trinajstić information content (AvgIpc) is 2.55. The lowest BCUT2D eigenvalue weighted by atomic mass is 10.1. The van der Waals surface area contributed by atoms with Gasteiger partial charge in [0, 0.05) is 26.7 Å². The monoisotopic (exact) mass is 318 g/mol. The van der Waals surface area contributed by atoms with Crippen LogP contribution in [-0.2, 0) is 11.2 Å². The van der Waals surface area contributed by atoms with Crippen LogP contribution in [0.3, 0.4) is 0 Å². The Labute approximate surface area is 140 Å². The molecule has 0 fully saturated rings. The number of hydrogen-bond acceptors (Lipinski definition) is 2. The molecule has 0 spiro atoms. The number of aryl methyl sites for hydroxylation is 1. The van der Waals surface area contributed by atoms with Gasteiger partial charge in [-0.1, -0.05) is 37.3 Å². The van der Waals surface area contributed by atoms with Gasteiger partial charge in [0.15, 0.2) is 5.96 Å². The molecular weight excluding hydrogens is 288 g/mol. The first-order valence-corrected chi connectivity index (χ1v) is 8.31. The SMILES string of the molecule is CCCNC(=NCC(=O)N(C)C)NC(C)CCc1ccccc1. The van der Waals surface area contributed by atoms with E-state index >= 15 is 0 Å². The van der Waals surface area contributed by atoms with E-state index in [0.717, 1.165) is 25.8 Å². The zero-order valence-electron chi connectivity index (χ0n) is 14.8. The third-order valence-electron chi connectivity index (χ3n) is 3.51. The Kier molecular flexibility index (Phi) is 8.80. The van der Waals surface area contributed by atoms with Gasteiger partial charge in [-0.05, 0) is 31.7 Å². The van der Waals surface area contributed by atoms with Crippen molar-refractivity contribution in [2.24, 2.45) is 4.99 Å². The standard InChI is InChI=1S/C18H30N4O/c1-5-13-19-18(20-14-17(23)22(3)4)21-15(2)11-12-16-9-7-6-8-10-16/h6-10,15H,5,11-14H2,1-4H3,(H2,19,20,21). The number of guanidine groups is 1. The van der Waals surface area contributed by atoms with E-state index in [2.05, 4.69) is 53.7 Å². The Bertz CT molecular complexity index is 485. The highest BCUT2D eigenvalue weighted by atomic mass is 16.2. The highest BCUT2D eigenvalue weighted by Gasteiger charge is 2.08. The summed E-state index contributed by atoms with van der Waals surface area (Å²) in [6, 6.07) is 10.7. The zero-order chi connectivity index (χ0) is 17.1. The molecule has 5 heteroatoms. The number of hydrogen-bond donors (Lipinski definition) is 2. The molecule has 0 bridgehead atoms. The van der Waals surface area contributed by atoms with Crippen LogP contribution in [0.4, 0.5) is 0 Å². The molecule has 0 aliphatic heterocycles. The molecule has 23 heavy (non-hydrogen) atoms. The Morgan fingerprint density at radius 2 is 1.96 bits per heavy atom. The average molecular weight is 318 g/mol. The van der Waals surface area contributed by atoms with E-state index in [1.165, 1.54) is 5.56 Å². The van der Waals surface area contributed by atoms with Gasteiger partial charge >= 0.3 is 0 Å². The van der Waals surface area contributed by atoms with Crippen LogP contribution in [0.15, 0.2) is 35.3 Å². The summed E-state index contributed by atoms with van der Waals surface area (Å²) in [7, 11) is 3.49. The molecule has 0 saturated carbocycles. The molecule has 0 radical (unpaired) electrons. The minimum absolute atomic E-state index is 0.000429. The van der Waals surface area contributed by atoms with Crippen molar-refractivity contribution >= 4 is 11.9 Å². The van der Waals surface area contributed by atoms with Gasteiger partial charge in [-0.15, -0.1) is 0 Å². The first-order valence-electron chi connectivity index (χ1n) is 8.31. The number of aliphatic imine (C=N–C) groups is 1. The molecule has 0 aliphatic rings. The molecule has 1 aromatic carbocycles. The number of benzene rings is 1. The first kappa shape index (κ1) is 19.0. The van der Waals surface area contributed by atoms with E-state index in [1.807, 2.05) is 6.07 Å². The smallest absolute Gasteiger partial charge is 0.243 e. The van der Waals surface area contributed by atoms with Gasteiger partial charge in [-0.3, -0.25) is 4.79 Å². The van der Waals surface area contributed by atoms with Crippen molar-refractivity contribution in [3.8, 4) is 0 Å².